The molecule has 1 aromatic rings. The van der Waals surface area contributed by atoms with Crippen molar-refractivity contribution in [2.24, 2.45) is 0 Å². The molecule has 1 N–H and O–H groups in total. The van der Waals surface area contributed by atoms with Crippen LogP contribution in [0.3, 0.4) is 0 Å². The highest BCUT2D eigenvalue weighted by molar-refractivity contribution is 6.27. The van der Waals surface area contributed by atoms with Crippen LogP contribution in [0.5, 0.6) is 0 Å². The molecule has 0 aliphatic carbocycles. The van der Waals surface area contributed by atoms with Crippen molar-refractivity contribution >= 4 is 17.5 Å². The van der Waals surface area contributed by atoms with Gasteiger partial charge >= 0.3 is 0 Å². The number of carbonyl (C=O) groups excluding carboxylic acids is 1. The molecule has 0 bridgehead atoms. The first-order valence-corrected chi connectivity index (χ1v) is 4.93. The van der Waals surface area contributed by atoms with Crippen molar-refractivity contribution < 1.29 is 9.21 Å². The summed E-state index contributed by atoms with van der Waals surface area (Å²) in [4.78, 5) is 11.1. The van der Waals surface area contributed by atoms with E-state index >= 15 is 0 Å². The Hall–Kier alpha value is -0.960. The van der Waals surface area contributed by atoms with Crippen molar-refractivity contribution in [3.63, 3.8) is 0 Å². The first-order chi connectivity index (χ1) is 6.45. The Morgan fingerprint density at radius 3 is 2.64 bits per heavy atom. The van der Waals surface area contributed by atoms with Crippen molar-refractivity contribution in [3.05, 3.63) is 23.7 Å². The normalized spacial score (nSPS) is 11.4. The van der Waals surface area contributed by atoms with Gasteiger partial charge in [-0.3, -0.25) is 4.79 Å². The van der Waals surface area contributed by atoms with Gasteiger partial charge in [-0.05, 0) is 32.9 Å². The summed E-state index contributed by atoms with van der Waals surface area (Å²) >= 11 is 5.41. The summed E-state index contributed by atoms with van der Waals surface area (Å²) in [5.41, 5.74) is -0.514. The smallest absolute Gasteiger partial charge is 0.235 e. The number of aryl methyl sites for hydroxylation is 1. The molecule has 78 valence electrons. The molecule has 0 aliphatic heterocycles. The Labute approximate surface area is 88.4 Å². The van der Waals surface area contributed by atoms with E-state index in [2.05, 4.69) is 5.32 Å². The average Bonchev–Trinajstić information content (AvgIpc) is 2.51. The van der Waals surface area contributed by atoms with Crippen molar-refractivity contribution in [2.75, 3.05) is 5.88 Å². The van der Waals surface area contributed by atoms with Gasteiger partial charge in [-0.25, -0.2) is 0 Å². The van der Waals surface area contributed by atoms with Crippen molar-refractivity contribution in [2.45, 2.75) is 26.3 Å². The van der Waals surface area contributed by atoms with Crippen molar-refractivity contribution in [3.8, 4) is 0 Å². The summed E-state index contributed by atoms with van der Waals surface area (Å²) in [6, 6.07) is 3.72. The number of rotatable bonds is 3. The van der Waals surface area contributed by atoms with E-state index in [1.165, 1.54) is 0 Å². The minimum absolute atomic E-state index is 0.0386. The lowest BCUT2D eigenvalue weighted by Crippen LogP contribution is -2.41. The van der Waals surface area contributed by atoms with Gasteiger partial charge in [0.15, 0.2) is 0 Å². The summed E-state index contributed by atoms with van der Waals surface area (Å²) < 4.78 is 5.44. The summed E-state index contributed by atoms with van der Waals surface area (Å²) in [7, 11) is 0. The Morgan fingerprint density at radius 1 is 1.57 bits per heavy atom. The molecule has 4 heteroatoms. The molecule has 1 aromatic heterocycles. The second-order valence-corrected chi connectivity index (χ2v) is 3.98. The van der Waals surface area contributed by atoms with Crippen LogP contribution in [0.1, 0.15) is 25.4 Å². The average molecular weight is 216 g/mol. The molecular formula is C10H14ClNO2. The molecule has 0 atom stereocenters. The lowest BCUT2D eigenvalue weighted by Gasteiger charge is -2.23. The van der Waals surface area contributed by atoms with Gasteiger partial charge in [-0.15, -0.1) is 11.6 Å². The molecule has 0 saturated carbocycles. The molecule has 0 saturated heterocycles. The zero-order valence-electron chi connectivity index (χ0n) is 8.56. The third kappa shape index (κ3) is 2.51. The summed E-state index contributed by atoms with van der Waals surface area (Å²) in [5, 5.41) is 2.77. The standard InChI is InChI=1S/C10H14ClNO2/c1-7-4-5-8(14-7)10(2,3)12-9(13)6-11/h4-5H,6H2,1-3H3,(H,12,13). The van der Waals surface area contributed by atoms with E-state index in [1.807, 2.05) is 32.9 Å². The van der Waals surface area contributed by atoms with Gasteiger partial charge in [0.05, 0.1) is 5.54 Å². The maximum Gasteiger partial charge on any atom is 0.235 e. The van der Waals surface area contributed by atoms with E-state index in [1.54, 1.807) is 0 Å². The molecule has 0 radical (unpaired) electrons. The number of hydrogen-bond donors (Lipinski definition) is 1. The van der Waals surface area contributed by atoms with Crippen molar-refractivity contribution in [1.82, 2.24) is 5.32 Å². The molecule has 14 heavy (non-hydrogen) atoms. The van der Waals surface area contributed by atoms with Crippen LogP contribution in [0.2, 0.25) is 0 Å². The molecule has 1 rings (SSSR count). The number of furan rings is 1. The maximum absolute atomic E-state index is 11.1. The first kappa shape index (κ1) is 11.1. The third-order valence-corrected chi connectivity index (χ3v) is 2.17. The monoisotopic (exact) mass is 215 g/mol. The van der Waals surface area contributed by atoms with Crippen LogP contribution in [0.4, 0.5) is 0 Å². The molecule has 0 fully saturated rings. The number of halogens is 1. The van der Waals surface area contributed by atoms with Gasteiger partial charge in [0.25, 0.3) is 0 Å². The van der Waals surface area contributed by atoms with E-state index in [4.69, 9.17) is 16.0 Å². The molecule has 0 aromatic carbocycles. The van der Waals surface area contributed by atoms with Gasteiger partial charge in [0, 0.05) is 0 Å². The highest BCUT2D eigenvalue weighted by Gasteiger charge is 2.25. The highest BCUT2D eigenvalue weighted by Crippen LogP contribution is 2.21. The lowest BCUT2D eigenvalue weighted by molar-refractivity contribution is -0.120. The van der Waals surface area contributed by atoms with Crippen LogP contribution in [0.25, 0.3) is 0 Å². The van der Waals surface area contributed by atoms with Gasteiger partial charge in [0.2, 0.25) is 5.91 Å². The van der Waals surface area contributed by atoms with Gasteiger partial charge in [-0.2, -0.15) is 0 Å². The van der Waals surface area contributed by atoms with E-state index < -0.39 is 5.54 Å². The number of nitrogens with one attached hydrogen (secondary N) is 1. The van der Waals surface area contributed by atoms with Crippen molar-refractivity contribution in [1.29, 1.82) is 0 Å². The Balaban J connectivity index is 2.79. The number of hydrogen-bond acceptors (Lipinski definition) is 2. The molecule has 0 spiro atoms. The number of amides is 1. The summed E-state index contributed by atoms with van der Waals surface area (Å²) in [6.07, 6.45) is 0. The van der Waals surface area contributed by atoms with Crippen LogP contribution in [0, 0.1) is 6.92 Å². The quantitative estimate of drug-likeness (QED) is 0.786. The summed E-state index contributed by atoms with van der Waals surface area (Å²) in [6.45, 7) is 5.61. The molecule has 3 nitrogen and oxygen atoms in total. The van der Waals surface area contributed by atoms with Gasteiger partial charge in [0.1, 0.15) is 17.4 Å². The van der Waals surface area contributed by atoms with E-state index in [-0.39, 0.29) is 11.8 Å². The molecule has 1 heterocycles. The second-order valence-electron chi connectivity index (χ2n) is 3.72. The largest absolute Gasteiger partial charge is 0.464 e. The van der Waals surface area contributed by atoms with Crippen LogP contribution in [-0.4, -0.2) is 11.8 Å². The van der Waals surface area contributed by atoms with Gasteiger partial charge < -0.3 is 9.73 Å². The van der Waals surface area contributed by atoms with E-state index in [0.29, 0.717) is 0 Å². The zero-order valence-corrected chi connectivity index (χ0v) is 9.31. The van der Waals surface area contributed by atoms with Crippen LogP contribution in [0.15, 0.2) is 16.5 Å². The Morgan fingerprint density at radius 2 is 2.21 bits per heavy atom. The van der Waals surface area contributed by atoms with E-state index in [9.17, 15) is 4.79 Å². The molecule has 0 unspecified atom stereocenters. The minimum atomic E-state index is -0.514. The predicted molar refractivity (Wildman–Crippen MR) is 55.3 cm³/mol. The molecule has 0 aliphatic rings. The topological polar surface area (TPSA) is 42.2 Å². The predicted octanol–water partition coefficient (Wildman–Crippen LogP) is 2.18. The molecular weight excluding hydrogens is 202 g/mol. The SMILES string of the molecule is Cc1ccc(C(C)(C)NC(=O)CCl)o1. The third-order valence-electron chi connectivity index (χ3n) is 1.93. The van der Waals surface area contributed by atoms with Crippen LogP contribution >= 0.6 is 11.6 Å². The fourth-order valence-electron chi connectivity index (χ4n) is 1.21. The summed E-state index contributed by atoms with van der Waals surface area (Å²) in [5.74, 6) is 1.32. The Bertz CT molecular complexity index is 331. The highest BCUT2D eigenvalue weighted by atomic mass is 35.5. The van der Waals surface area contributed by atoms with Gasteiger partial charge in [-0.1, -0.05) is 0 Å². The zero-order chi connectivity index (χ0) is 10.8. The number of alkyl halides is 1. The Kier molecular flexibility index (Phi) is 3.21. The lowest BCUT2D eigenvalue weighted by atomic mass is 10.0. The fraction of sp³-hybridized carbons (Fsp3) is 0.500. The maximum atomic E-state index is 11.1. The van der Waals surface area contributed by atoms with Crippen LogP contribution in [-0.2, 0) is 10.3 Å². The minimum Gasteiger partial charge on any atom is -0.464 e. The van der Waals surface area contributed by atoms with E-state index in [0.717, 1.165) is 11.5 Å². The fourth-order valence-corrected chi connectivity index (χ4v) is 1.28. The number of carbonyl (C=O) groups is 1. The molecule has 1 amide bonds. The second kappa shape index (κ2) is 4.05. The first-order valence-electron chi connectivity index (χ1n) is 4.39. The van der Waals surface area contributed by atoms with Crippen LogP contribution < -0.4 is 5.32 Å².